The summed E-state index contributed by atoms with van der Waals surface area (Å²) in [6, 6.07) is 8.72. The first kappa shape index (κ1) is 14.3. The minimum absolute atomic E-state index is 0.210. The van der Waals surface area contributed by atoms with Crippen molar-refractivity contribution in [2.24, 2.45) is 0 Å². The number of halogens is 1. The number of nitrogens with zero attached hydrogens (tertiary/aromatic N) is 1. The molecule has 1 heterocycles. The van der Waals surface area contributed by atoms with Gasteiger partial charge >= 0.3 is 0 Å². The Morgan fingerprint density at radius 1 is 1.30 bits per heavy atom. The summed E-state index contributed by atoms with van der Waals surface area (Å²) in [4.78, 5) is 16.3. The molecule has 0 unspecified atom stereocenters. The van der Waals surface area contributed by atoms with Gasteiger partial charge in [0.15, 0.2) is 0 Å². The maximum absolute atomic E-state index is 12.2. The average Bonchev–Trinajstić information content (AvgIpc) is 2.49. The molecule has 1 aromatic carbocycles. The molecule has 0 saturated heterocycles. The Balaban J connectivity index is 2.22. The van der Waals surface area contributed by atoms with Gasteiger partial charge in [0.2, 0.25) is 0 Å². The van der Waals surface area contributed by atoms with Gasteiger partial charge in [-0.05, 0) is 40.2 Å². The molecule has 6 heteroatoms. The molecule has 0 spiro atoms. The lowest BCUT2D eigenvalue weighted by Gasteiger charge is -2.10. The number of benzene rings is 1. The molecular formula is C14H14BrN3O2. The van der Waals surface area contributed by atoms with E-state index in [1.165, 1.54) is 0 Å². The zero-order valence-corrected chi connectivity index (χ0v) is 12.7. The highest BCUT2D eigenvalue weighted by molar-refractivity contribution is 9.10. The van der Waals surface area contributed by atoms with Gasteiger partial charge in [0.25, 0.3) is 5.91 Å². The molecule has 0 saturated carbocycles. The number of carbonyl (C=O) groups excluding carboxylic acids is 1. The highest BCUT2D eigenvalue weighted by atomic mass is 79.9. The second-order valence-corrected chi connectivity index (χ2v) is 4.83. The van der Waals surface area contributed by atoms with Crippen LogP contribution in [0.15, 0.2) is 41.0 Å². The number of pyridine rings is 1. The van der Waals surface area contributed by atoms with Gasteiger partial charge in [0.1, 0.15) is 11.6 Å². The molecule has 0 aliphatic carbocycles. The van der Waals surface area contributed by atoms with E-state index in [0.717, 1.165) is 4.47 Å². The van der Waals surface area contributed by atoms with Crippen molar-refractivity contribution >= 4 is 33.3 Å². The summed E-state index contributed by atoms with van der Waals surface area (Å²) in [6.07, 6.45) is 1.58. The Kier molecular flexibility index (Phi) is 4.57. The van der Waals surface area contributed by atoms with Crippen LogP contribution in [-0.2, 0) is 0 Å². The van der Waals surface area contributed by atoms with Crippen LogP contribution in [0.1, 0.15) is 10.4 Å². The highest BCUT2D eigenvalue weighted by Gasteiger charge is 2.10. The van der Waals surface area contributed by atoms with Crippen molar-refractivity contribution in [2.75, 3.05) is 24.8 Å². The molecule has 104 valence electrons. The van der Waals surface area contributed by atoms with Crippen LogP contribution in [-0.4, -0.2) is 25.0 Å². The summed E-state index contributed by atoms with van der Waals surface area (Å²) >= 11 is 3.39. The third-order valence-corrected chi connectivity index (χ3v) is 3.39. The number of amides is 1. The van der Waals surface area contributed by atoms with Crippen LogP contribution in [0.5, 0.6) is 5.75 Å². The first-order chi connectivity index (χ1) is 9.63. The molecule has 0 atom stereocenters. The van der Waals surface area contributed by atoms with Crippen molar-refractivity contribution in [3.63, 3.8) is 0 Å². The van der Waals surface area contributed by atoms with Crippen molar-refractivity contribution in [3.05, 3.63) is 46.6 Å². The van der Waals surface area contributed by atoms with Crippen LogP contribution >= 0.6 is 15.9 Å². The zero-order valence-electron chi connectivity index (χ0n) is 11.1. The van der Waals surface area contributed by atoms with Crippen LogP contribution in [0.3, 0.4) is 0 Å². The van der Waals surface area contributed by atoms with Crippen LogP contribution in [0.4, 0.5) is 11.5 Å². The van der Waals surface area contributed by atoms with E-state index in [-0.39, 0.29) is 5.91 Å². The van der Waals surface area contributed by atoms with E-state index < -0.39 is 0 Å². The number of hydrogen-bond acceptors (Lipinski definition) is 4. The number of aromatic nitrogens is 1. The first-order valence-corrected chi connectivity index (χ1v) is 6.72. The minimum Gasteiger partial charge on any atom is -0.497 e. The summed E-state index contributed by atoms with van der Waals surface area (Å²) in [7, 11) is 3.33. The third kappa shape index (κ3) is 3.27. The number of rotatable bonds is 4. The second-order valence-electron chi connectivity index (χ2n) is 3.98. The molecule has 1 aromatic heterocycles. The summed E-state index contributed by atoms with van der Waals surface area (Å²) in [6.45, 7) is 0. The predicted molar refractivity (Wildman–Crippen MR) is 82.4 cm³/mol. The molecule has 2 aromatic rings. The lowest BCUT2D eigenvalue weighted by atomic mass is 10.2. The second kappa shape index (κ2) is 6.38. The van der Waals surface area contributed by atoms with E-state index in [1.807, 2.05) is 12.1 Å². The average molecular weight is 336 g/mol. The number of ether oxygens (including phenoxy) is 1. The van der Waals surface area contributed by atoms with Gasteiger partial charge in [-0.25, -0.2) is 4.98 Å². The summed E-state index contributed by atoms with van der Waals surface area (Å²) in [5, 5.41) is 5.73. The fraction of sp³-hybridized carbons (Fsp3) is 0.143. The van der Waals surface area contributed by atoms with Gasteiger partial charge in [-0.3, -0.25) is 4.79 Å². The molecule has 0 fully saturated rings. The number of nitrogens with one attached hydrogen (secondary N) is 2. The van der Waals surface area contributed by atoms with Crippen molar-refractivity contribution in [1.82, 2.24) is 4.98 Å². The van der Waals surface area contributed by atoms with Crippen molar-refractivity contribution in [3.8, 4) is 5.75 Å². The molecule has 2 N–H and O–H groups in total. The normalized spacial score (nSPS) is 9.95. The van der Waals surface area contributed by atoms with E-state index in [1.54, 1.807) is 38.6 Å². The molecule has 0 aliphatic rings. The van der Waals surface area contributed by atoms with Crippen LogP contribution in [0.2, 0.25) is 0 Å². The maximum atomic E-state index is 12.2. The third-order valence-electron chi connectivity index (χ3n) is 2.70. The Bertz CT molecular complexity index is 632. The molecule has 5 nitrogen and oxygen atoms in total. The molecule has 0 bridgehead atoms. The monoisotopic (exact) mass is 335 g/mol. The molecule has 2 rings (SSSR count). The highest BCUT2D eigenvalue weighted by Crippen LogP contribution is 2.27. The van der Waals surface area contributed by atoms with E-state index in [4.69, 9.17) is 4.74 Å². The van der Waals surface area contributed by atoms with Crippen molar-refractivity contribution in [2.45, 2.75) is 0 Å². The lowest BCUT2D eigenvalue weighted by Crippen LogP contribution is -2.13. The molecule has 1 amide bonds. The van der Waals surface area contributed by atoms with Gasteiger partial charge in [0.05, 0.1) is 12.8 Å². The quantitative estimate of drug-likeness (QED) is 0.900. The smallest absolute Gasteiger partial charge is 0.255 e. The van der Waals surface area contributed by atoms with Crippen molar-refractivity contribution < 1.29 is 9.53 Å². The van der Waals surface area contributed by atoms with Gasteiger partial charge in [-0.1, -0.05) is 0 Å². The summed E-state index contributed by atoms with van der Waals surface area (Å²) in [5.74, 6) is 1.11. The number of methoxy groups -OCH3 is 1. The molecule has 0 aliphatic heterocycles. The molecule has 0 radical (unpaired) electrons. The Hall–Kier alpha value is -2.08. The largest absolute Gasteiger partial charge is 0.497 e. The van der Waals surface area contributed by atoms with E-state index in [2.05, 4.69) is 31.5 Å². The van der Waals surface area contributed by atoms with Crippen LogP contribution < -0.4 is 15.4 Å². The van der Waals surface area contributed by atoms with Crippen molar-refractivity contribution in [1.29, 1.82) is 0 Å². The predicted octanol–water partition coefficient (Wildman–Crippen LogP) is 3.15. The fourth-order valence-corrected chi connectivity index (χ4v) is 1.98. The lowest BCUT2D eigenvalue weighted by molar-refractivity contribution is 0.102. The molecular weight excluding hydrogens is 322 g/mol. The zero-order chi connectivity index (χ0) is 14.5. The van der Waals surface area contributed by atoms with Gasteiger partial charge < -0.3 is 15.4 Å². The van der Waals surface area contributed by atoms with Gasteiger partial charge in [-0.15, -0.1) is 0 Å². The number of anilines is 2. The topological polar surface area (TPSA) is 63.2 Å². The van der Waals surface area contributed by atoms with Gasteiger partial charge in [-0.2, -0.15) is 0 Å². The minimum atomic E-state index is -0.210. The van der Waals surface area contributed by atoms with Crippen LogP contribution in [0, 0.1) is 0 Å². The standard InChI is InChI=1S/C14H14BrN3O2/c1-16-13-7-9(5-6-17-13)14(19)18-12-8-10(20-2)3-4-11(12)15/h3-8H,1-2H3,(H,16,17)(H,18,19). The van der Waals surface area contributed by atoms with Gasteiger partial charge in [0, 0.05) is 29.3 Å². The fourth-order valence-electron chi connectivity index (χ4n) is 1.63. The number of carbonyl (C=O) groups is 1. The first-order valence-electron chi connectivity index (χ1n) is 5.92. The molecule has 20 heavy (non-hydrogen) atoms. The van der Waals surface area contributed by atoms with E-state index >= 15 is 0 Å². The SMILES string of the molecule is CNc1cc(C(=O)Nc2cc(OC)ccc2Br)ccn1. The Labute approximate surface area is 125 Å². The Morgan fingerprint density at radius 2 is 2.10 bits per heavy atom. The van der Waals surface area contributed by atoms with Crippen LogP contribution in [0.25, 0.3) is 0 Å². The van der Waals surface area contributed by atoms with E-state index in [0.29, 0.717) is 22.8 Å². The Morgan fingerprint density at radius 3 is 2.80 bits per heavy atom. The number of hydrogen-bond donors (Lipinski definition) is 2. The summed E-state index contributed by atoms with van der Waals surface area (Å²) < 4.78 is 5.93. The van der Waals surface area contributed by atoms with E-state index in [9.17, 15) is 4.79 Å². The summed E-state index contributed by atoms with van der Waals surface area (Å²) in [5.41, 5.74) is 1.18. The maximum Gasteiger partial charge on any atom is 0.255 e.